The Labute approximate surface area is 179 Å². The van der Waals surface area contributed by atoms with Crippen molar-refractivity contribution in [2.24, 2.45) is 4.99 Å². The number of nitrogens with zero attached hydrogens (tertiary/aromatic N) is 4. The van der Waals surface area contributed by atoms with Crippen molar-refractivity contribution in [3.05, 3.63) is 83.1 Å². The van der Waals surface area contributed by atoms with Crippen LogP contribution in [0.2, 0.25) is 0 Å². The first-order chi connectivity index (χ1) is 14.7. The van der Waals surface area contributed by atoms with Crippen LogP contribution in [0.3, 0.4) is 0 Å². The summed E-state index contributed by atoms with van der Waals surface area (Å²) >= 11 is 6.60. The van der Waals surface area contributed by atoms with Crippen molar-refractivity contribution in [1.82, 2.24) is 9.40 Å². The molecule has 8 heteroatoms. The molecule has 0 saturated heterocycles. The van der Waals surface area contributed by atoms with Gasteiger partial charge in [-0.2, -0.15) is 0 Å². The maximum atomic E-state index is 6.60. The molecule has 0 atom stereocenters. The molecule has 154 valence electrons. The van der Waals surface area contributed by atoms with Crippen LogP contribution in [0.5, 0.6) is 11.5 Å². The predicted octanol–water partition coefficient (Wildman–Crippen LogP) is 2.85. The van der Waals surface area contributed by atoms with Crippen molar-refractivity contribution in [2.45, 2.75) is 6.61 Å². The Morgan fingerprint density at radius 1 is 1.00 bits per heavy atom. The van der Waals surface area contributed by atoms with Crippen molar-refractivity contribution in [2.75, 3.05) is 26.0 Å². The number of fused-ring (bicyclic) bond motifs is 1. The summed E-state index contributed by atoms with van der Waals surface area (Å²) < 4.78 is 12.4. The quantitative estimate of drug-likeness (QED) is 0.429. The second kappa shape index (κ2) is 9.02. The number of methoxy groups -OCH3 is 2. The number of aromatic nitrogens is 1. The molecule has 0 unspecified atom stereocenters. The molecule has 0 spiro atoms. The lowest BCUT2D eigenvalue weighted by atomic mass is 10.2. The highest BCUT2D eigenvalue weighted by molar-refractivity contribution is 6.17. The summed E-state index contributed by atoms with van der Waals surface area (Å²) in [6.07, 6.45) is 1.73. The Hall–Kier alpha value is -3.29. The minimum Gasteiger partial charge on any atom is -0.493 e. The van der Waals surface area contributed by atoms with Gasteiger partial charge in [0.05, 0.1) is 31.0 Å². The molecule has 0 amide bonds. The Morgan fingerprint density at radius 3 is 2.43 bits per heavy atom. The van der Waals surface area contributed by atoms with Gasteiger partial charge in [0.15, 0.2) is 17.3 Å². The lowest BCUT2D eigenvalue weighted by molar-refractivity contribution is 0.113. The smallest absolute Gasteiger partial charge is 0.162 e. The lowest BCUT2D eigenvalue weighted by Gasteiger charge is -2.31. The van der Waals surface area contributed by atoms with Crippen LogP contribution in [0, 0.1) is 0 Å². The van der Waals surface area contributed by atoms with Crippen LogP contribution in [0.15, 0.2) is 71.9 Å². The minimum atomic E-state index is 0.260. The fourth-order valence-corrected chi connectivity index (χ4v) is 3.37. The second-order valence-corrected chi connectivity index (χ2v) is 6.84. The van der Waals surface area contributed by atoms with E-state index >= 15 is 0 Å². The molecule has 2 heterocycles. The summed E-state index contributed by atoms with van der Waals surface area (Å²) in [4.78, 5) is 15.1. The molecule has 4 rings (SSSR count). The van der Waals surface area contributed by atoms with Gasteiger partial charge in [-0.15, -0.1) is 0 Å². The predicted molar refractivity (Wildman–Crippen MR) is 114 cm³/mol. The highest BCUT2D eigenvalue weighted by atomic mass is 35.5. The average Bonchev–Trinajstić information content (AvgIpc) is 2.80. The highest BCUT2D eigenvalue weighted by Crippen LogP contribution is 2.27. The summed E-state index contributed by atoms with van der Waals surface area (Å²) in [5.41, 5.74) is 1.62. The molecular formula is C22H21ClN4O3. The molecule has 0 bridgehead atoms. The standard InChI is InChI=1S/C22H21ClN4O3/c1-28-20-12-18-19(13-21(20)29-2)25-15-26(23)22(18)27(17-9-4-3-5-10-17)30-14-16-8-6-7-11-24-16/h3-13H,14-15H2,1-2H3. The third kappa shape index (κ3) is 4.03. The van der Waals surface area contributed by atoms with Crippen LogP contribution >= 0.6 is 11.8 Å². The number of anilines is 1. The number of pyridine rings is 1. The molecule has 2 aromatic carbocycles. The second-order valence-electron chi connectivity index (χ2n) is 6.43. The summed E-state index contributed by atoms with van der Waals surface area (Å²) in [5, 5.41) is 3.20. The Kier molecular flexibility index (Phi) is 6.02. The zero-order valence-electron chi connectivity index (χ0n) is 16.7. The molecule has 1 aliphatic heterocycles. The van der Waals surface area contributed by atoms with Crippen molar-refractivity contribution in [1.29, 1.82) is 0 Å². The molecule has 0 N–H and O–H groups in total. The largest absolute Gasteiger partial charge is 0.493 e. The zero-order valence-corrected chi connectivity index (χ0v) is 17.4. The average molecular weight is 425 g/mol. The fraction of sp³-hybridized carbons (Fsp3) is 0.182. The molecule has 1 aliphatic rings. The van der Waals surface area contributed by atoms with E-state index in [1.54, 1.807) is 25.5 Å². The van der Waals surface area contributed by atoms with Gasteiger partial charge in [-0.3, -0.25) is 14.8 Å². The molecule has 7 nitrogen and oxygen atoms in total. The van der Waals surface area contributed by atoms with E-state index in [1.165, 1.54) is 4.42 Å². The SMILES string of the molecule is COc1cc2c(cc1OC)=C(N(OCc1ccccn1)c1ccccc1)N(Cl)CN=2. The van der Waals surface area contributed by atoms with Gasteiger partial charge in [0.25, 0.3) is 0 Å². The number of halogens is 1. The summed E-state index contributed by atoms with van der Waals surface area (Å²) in [7, 11) is 3.19. The third-order valence-electron chi connectivity index (χ3n) is 4.59. The van der Waals surface area contributed by atoms with Gasteiger partial charge < -0.3 is 9.47 Å². The number of hydrogen-bond donors (Lipinski definition) is 0. The van der Waals surface area contributed by atoms with Gasteiger partial charge in [0, 0.05) is 29.3 Å². The number of benzene rings is 2. The Balaban J connectivity index is 1.86. The first-order valence-corrected chi connectivity index (χ1v) is 9.67. The van der Waals surface area contributed by atoms with Crippen LogP contribution in [-0.2, 0) is 11.4 Å². The minimum absolute atomic E-state index is 0.260. The number of hydrogen-bond acceptors (Lipinski definition) is 7. The third-order valence-corrected chi connectivity index (χ3v) is 4.86. The molecule has 0 aliphatic carbocycles. The van der Waals surface area contributed by atoms with E-state index < -0.39 is 0 Å². The number of hydroxylamine groups is 1. The van der Waals surface area contributed by atoms with Crippen LogP contribution < -0.4 is 25.1 Å². The maximum absolute atomic E-state index is 6.60. The first kappa shape index (κ1) is 20.0. The Bertz CT molecular complexity index is 1130. The highest BCUT2D eigenvalue weighted by Gasteiger charge is 2.24. The topological polar surface area (TPSA) is 59.4 Å². The van der Waals surface area contributed by atoms with Crippen molar-refractivity contribution in [3.63, 3.8) is 0 Å². The van der Waals surface area contributed by atoms with E-state index in [1.807, 2.05) is 60.7 Å². The van der Waals surface area contributed by atoms with Crippen molar-refractivity contribution >= 4 is 23.3 Å². The molecule has 3 aromatic rings. The summed E-state index contributed by atoms with van der Waals surface area (Å²) in [5.74, 6) is 1.81. The van der Waals surface area contributed by atoms with Crippen molar-refractivity contribution < 1.29 is 14.3 Å². The van der Waals surface area contributed by atoms with E-state index in [2.05, 4.69) is 9.98 Å². The fourth-order valence-electron chi connectivity index (χ4n) is 3.16. The van der Waals surface area contributed by atoms with E-state index in [9.17, 15) is 0 Å². The van der Waals surface area contributed by atoms with E-state index in [0.717, 1.165) is 22.0 Å². The Morgan fingerprint density at radius 2 is 1.73 bits per heavy atom. The van der Waals surface area contributed by atoms with Gasteiger partial charge in [-0.1, -0.05) is 24.3 Å². The maximum Gasteiger partial charge on any atom is 0.162 e. The summed E-state index contributed by atoms with van der Waals surface area (Å²) in [6.45, 7) is 0.527. The number of para-hydroxylation sites is 1. The van der Waals surface area contributed by atoms with Crippen LogP contribution in [0.4, 0.5) is 5.69 Å². The van der Waals surface area contributed by atoms with E-state index in [-0.39, 0.29) is 13.3 Å². The monoisotopic (exact) mass is 424 g/mol. The normalized spacial score (nSPS) is 12.8. The van der Waals surface area contributed by atoms with E-state index in [4.69, 9.17) is 26.1 Å². The zero-order chi connectivity index (χ0) is 20.9. The first-order valence-electron chi connectivity index (χ1n) is 9.33. The molecule has 0 fully saturated rings. The number of ether oxygens (including phenoxy) is 2. The molecule has 30 heavy (non-hydrogen) atoms. The molecule has 0 saturated carbocycles. The van der Waals surface area contributed by atoms with Gasteiger partial charge >= 0.3 is 0 Å². The van der Waals surface area contributed by atoms with E-state index in [0.29, 0.717) is 17.3 Å². The van der Waals surface area contributed by atoms with Gasteiger partial charge in [0.2, 0.25) is 0 Å². The molecule has 0 radical (unpaired) electrons. The van der Waals surface area contributed by atoms with Gasteiger partial charge in [-0.25, -0.2) is 9.48 Å². The number of rotatable bonds is 7. The van der Waals surface area contributed by atoms with Crippen LogP contribution in [0.1, 0.15) is 5.69 Å². The van der Waals surface area contributed by atoms with Crippen molar-refractivity contribution in [3.8, 4) is 11.5 Å². The van der Waals surface area contributed by atoms with Gasteiger partial charge in [-0.05, 0) is 30.3 Å². The lowest BCUT2D eigenvalue weighted by Crippen LogP contribution is -2.44. The summed E-state index contributed by atoms with van der Waals surface area (Å²) in [6, 6.07) is 19.1. The van der Waals surface area contributed by atoms with Crippen LogP contribution in [0.25, 0.3) is 5.82 Å². The molecule has 1 aromatic heterocycles. The molecular weight excluding hydrogens is 404 g/mol. The van der Waals surface area contributed by atoms with Gasteiger partial charge in [0.1, 0.15) is 13.3 Å². The van der Waals surface area contributed by atoms with Crippen LogP contribution in [-0.4, -0.2) is 30.3 Å².